The van der Waals surface area contributed by atoms with E-state index in [0.717, 1.165) is 52.2 Å². The van der Waals surface area contributed by atoms with Gasteiger partial charge in [0.2, 0.25) is 17.7 Å². The first kappa shape index (κ1) is 70.2. The number of anilines is 2. The topological polar surface area (TPSA) is 499 Å². The van der Waals surface area contributed by atoms with Gasteiger partial charge in [-0.05, 0) is 129 Å². The Morgan fingerprint density at radius 2 is 1.07 bits per heavy atom. The number of hydrogen-bond acceptors (Lipinski definition) is 26. The van der Waals surface area contributed by atoms with Crippen LogP contribution in [0.2, 0.25) is 0 Å². The molecule has 0 radical (unpaired) electrons. The zero-order valence-electron chi connectivity index (χ0n) is 48.1. The van der Waals surface area contributed by atoms with Gasteiger partial charge in [-0.3, -0.25) is 36.8 Å². The van der Waals surface area contributed by atoms with Gasteiger partial charge >= 0.3 is 0 Å². The van der Waals surface area contributed by atoms with Crippen molar-refractivity contribution in [2.75, 3.05) is 46.0 Å². The Bertz CT molecular complexity index is 4830. The van der Waals surface area contributed by atoms with Crippen LogP contribution in [0.15, 0.2) is 133 Å². The van der Waals surface area contributed by atoms with Gasteiger partial charge in [-0.2, -0.15) is 57.6 Å². The first-order chi connectivity index (χ1) is 42.5. The third-order valence-corrected chi connectivity index (χ3v) is 18.7. The lowest BCUT2D eigenvalue weighted by atomic mass is 10.1. The maximum atomic E-state index is 12.8. The summed E-state index contributed by atoms with van der Waals surface area (Å²) in [5.41, 5.74) is 0.642. The van der Waals surface area contributed by atoms with E-state index in [4.69, 9.17) is 4.74 Å². The third kappa shape index (κ3) is 19.4. The Morgan fingerprint density at radius 1 is 0.582 bits per heavy atom. The summed E-state index contributed by atoms with van der Waals surface area (Å²) in [6.07, 6.45) is -0.366. The molecule has 0 fully saturated rings. The highest BCUT2D eigenvalue weighted by Gasteiger charge is 2.25. The fraction of sp³-hybridized carbons (Fsp3) is 0.269. The monoisotopic (exact) mass is 1390 g/mol. The quantitative estimate of drug-likeness (QED) is 0.0103. The molecule has 2 aromatic heterocycles. The van der Waals surface area contributed by atoms with Crippen LogP contribution in [-0.4, -0.2) is 127 Å². The molecular weight excluding hydrogens is 1340 g/mol. The predicted octanol–water partition coefficient (Wildman–Crippen LogP) is 11.5. The number of hydrogen-bond donors (Lipinski definition) is 8. The number of fused-ring (bicyclic) bond motifs is 3. The summed E-state index contributed by atoms with van der Waals surface area (Å²) in [5, 5.41) is 62.2. The van der Waals surface area contributed by atoms with Gasteiger partial charge in [0, 0.05) is 35.3 Å². The lowest BCUT2D eigenvalue weighted by Crippen LogP contribution is -2.08. The predicted molar refractivity (Wildman–Crippen MR) is 334 cm³/mol. The molecule has 482 valence electrons. The van der Waals surface area contributed by atoms with Crippen LogP contribution in [0.25, 0.3) is 16.7 Å². The van der Waals surface area contributed by atoms with Crippen LogP contribution in [0.4, 0.5) is 56.9 Å². The van der Waals surface area contributed by atoms with Crippen LogP contribution in [-0.2, 0) is 60.2 Å². The van der Waals surface area contributed by atoms with Gasteiger partial charge in [-0.1, -0.05) is 0 Å². The number of azo groups is 4. The summed E-state index contributed by atoms with van der Waals surface area (Å²) in [6, 6.07) is 17.2. The van der Waals surface area contributed by atoms with Gasteiger partial charge in [0.1, 0.15) is 45.8 Å². The molecule has 0 atom stereocenters. The van der Waals surface area contributed by atoms with Crippen molar-refractivity contribution in [2.24, 2.45) is 40.9 Å². The number of pyridine rings is 1. The smallest absolute Gasteiger partial charge is 0.294 e. The van der Waals surface area contributed by atoms with E-state index in [-0.39, 0.29) is 143 Å². The van der Waals surface area contributed by atoms with Gasteiger partial charge in [0.25, 0.3) is 50.6 Å². The van der Waals surface area contributed by atoms with Crippen molar-refractivity contribution in [1.29, 1.82) is 5.26 Å². The highest BCUT2D eigenvalue weighted by Crippen LogP contribution is 2.46. The van der Waals surface area contributed by atoms with Crippen LogP contribution < -0.4 is 15.4 Å². The molecule has 0 aliphatic heterocycles. The van der Waals surface area contributed by atoms with Crippen molar-refractivity contribution >= 4 is 159 Å². The zero-order valence-corrected chi connectivity index (χ0v) is 53.8. The Morgan fingerprint density at radius 3 is 1.56 bits per heavy atom. The zero-order chi connectivity index (χ0) is 67.0. The first-order valence-electron chi connectivity index (χ1n) is 26.1. The second-order valence-corrected chi connectivity index (χ2v) is 29.3. The molecule has 2 amide bonds. The van der Waals surface area contributed by atoms with E-state index in [0.29, 0.717) is 5.56 Å². The standard InChI is InChI=1S/C52H53N13O19S7/c1-28-20-42(61-64-49-30(3)36(27-53)51-56-45-21-35(91(81,82)83)19-29(2)50(45)65(51)52(49)68)46(84-13-6-16-87(69,70)71)24-37(28)58-62-43-23-39(55-32(5)67)41(26-48(43)86-15-8-18-89(75,76)77)60-63-44-22-38(54-31(4)66)40(25-47(44)85-14-7-17-88(72,73)74)59-57-33-9-11-34(12-10-33)90(78,79)80/h9-12,19-26,68H,6-8,13-18H2,1-5H3,(H,54,66)(H,55,67)(H,69,70,71)(H,72,73,74)(H,75,76,77)(H,78,79,80)(H,81,82,83). The van der Waals surface area contributed by atoms with Gasteiger partial charge in [-0.25, -0.2) is 4.98 Å². The molecule has 0 bridgehead atoms. The molecule has 91 heavy (non-hydrogen) atoms. The molecule has 32 nitrogen and oxygen atoms in total. The molecule has 0 aliphatic carbocycles. The summed E-state index contributed by atoms with van der Waals surface area (Å²) in [7, 11) is -22.4. The number of thioether (sulfide) groups is 2. The van der Waals surface area contributed by atoms with E-state index in [2.05, 4.69) is 56.5 Å². The summed E-state index contributed by atoms with van der Waals surface area (Å²) >= 11 is 2.07. The van der Waals surface area contributed by atoms with Gasteiger partial charge < -0.3 is 20.5 Å². The number of carbonyl (C=O) groups excluding carboxylic acids is 2. The maximum Gasteiger partial charge on any atom is 0.294 e. The minimum Gasteiger partial charge on any atom is -0.493 e. The highest BCUT2D eigenvalue weighted by molar-refractivity contribution is 7.99. The van der Waals surface area contributed by atoms with E-state index >= 15 is 0 Å². The fourth-order valence-corrected chi connectivity index (χ4v) is 13.1. The Kier molecular flexibility index (Phi) is 22.3. The van der Waals surface area contributed by atoms with E-state index < -0.39 is 95.3 Å². The molecule has 0 saturated carbocycles. The first-order valence-corrected chi connectivity index (χ1v) is 35.8. The molecule has 7 aromatic rings. The Labute approximate surface area is 528 Å². The van der Waals surface area contributed by atoms with E-state index in [1.165, 1.54) is 76.2 Å². The minimum atomic E-state index is -4.69. The van der Waals surface area contributed by atoms with Crippen molar-refractivity contribution in [3.05, 3.63) is 95.1 Å². The number of carbonyl (C=O) groups is 2. The van der Waals surface area contributed by atoms with Crippen molar-refractivity contribution < 1.29 is 84.3 Å². The molecule has 39 heteroatoms. The van der Waals surface area contributed by atoms with E-state index in [1.54, 1.807) is 6.92 Å². The molecule has 0 saturated heterocycles. The summed E-state index contributed by atoms with van der Waals surface area (Å²) < 4.78 is 172. The second kappa shape index (κ2) is 28.9. The molecule has 8 N–H and O–H groups in total. The van der Waals surface area contributed by atoms with Crippen LogP contribution in [0.5, 0.6) is 11.6 Å². The third-order valence-electron chi connectivity index (χ3n) is 12.4. The van der Waals surface area contributed by atoms with Crippen molar-refractivity contribution in [3.8, 4) is 17.7 Å². The largest absolute Gasteiger partial charge is 0.493 e. The lowest BCUT2D eigenvalue weighted by molar-refractivity contribution is -0.115. The number of aromatic nitrogens is 2. The maximum absolute atomic E-state index is 12.8. The number of ether oxygens (including phenoxy) is 1. The van der Waals surface area contributed by atoms with Crippen molar-refractivity contribution in [1.82, 2.24) is 9.38 Å². The van der Waals surface area contributed by atoms with Crippen LogP contribution >= 0.6 is 23.5 Å². The van der Waals surface area contributed by atoms with Gasteiger partial charge in [-0.15, -0.1) is 54.2 Å². The molecule has 5 aromatic carbocycles. The number of nitrogens with one attached hydrogen (secondary N) is 2. The van der Waals surface area contributed by atoms with E-state index in [1.807, 2.05) is 6.07 Å². The number of amides is 2. The number of imidazole rings is 1. The number of aryl methyl sites for hydroxylation is 2. The molecule has 0 spiro atoms. The van der Waals surface area contributed by atoms with Crippen LogP contribution in [0.3, 0.4) is 0 Å². The second-order valence-electron chi connectivity index (χ2n) is 19.5. The van der Waals surface area contributed by atoms with Gasteiger partial charge in [0.05, 0.1) is 67.4 Å². The normalized spacial score (nSPS) is 12.7. The summed E-state index contributed by atoms with van der Waals surface area (Å²) in [4.78, 5) is 29.3. The van der Waals surface area contributed by atoms with Crippen LogP contribution in [0, 0.1) is 32.1 Å². The average Bonchev–Trinajstić information content (AvgIpc) is 1.60. The Balaban J connectivity index is 1.33. The van der Waals surface area contributed by atoms with Crippen molar-refractivity contribution in [3.63, 3.8) is 0 Å². The molecule has 0 unspecified atom stereocenters. The Hall–Kier alpha value is -8.27. The summed E-state index contributed by atoms with van der Waals surface area (Å²) in [6.45, 7) is 6.56. The fourth-order valence-electron chi connectivity index (χ4n) is 8.31. The average molecular weight is 1390 g/mol. The number of benzene rings is 5. The number of nitrogens with zero attached hydrogens (tertiary/aromatic N) is 11. The van der Waals surface area contributed by atoms with E-state index in [9.17, 15) is 84.8 Å². The minimum absolute atomic E-state index is 0.000198. The molecule has 0 aliphatic rings. The lowest BCUT2D eigenvalue weighted by Gasteiger charge is -2.13. The number of aromatic hydroxyl groups is 1. The number of rotatable bonds is 27. The molecule has 2 heterocycles. The van der Waals surface area contributed by atoms with Crippen LogP contribution in [0.1, 0.15) is 55.4 Å². The summed E-state index contributed by atoms with van der Waals surface area (Å²) in [5.74, 6) is -3.70. The van der Waals surface area contributed by atoms with Gasteiger partial charge in [0.15, 0.2) is 11.3 Å². The molecule has 7 rings (SSSR count). The molecular formula is C52H53N13O19S7. The number of nitriles is 1. The van der Waals surface area contributed by atoms with Crippen molar-refractivity contribution in [2.45, 2.75) is 73.5 Å². The highest BCUT2D eigenvalue weighted by atomic mass is 32.2. The SMILES string of the molecule is CC(=O)Nc1cc(N=Nc2cc(SCCCS(=O)(=O)O)c(N=Nc3cc(OCCCS(=O)(=O)O)c(N=Nc4c(C)c(C#N)c5nc6cc(S(=O)(=O)O)cc(C)c6n5c4O)cc3C)cc2NC(C)=O)c(SCCCS(=O)(=O)O)cc1N=Nc1ccc(S(=O)(=O)O)cc1.